The van der Waals surface area contributed by atoms with Crippen molar-refractivity contribution in [2.45, 2.75) is 26.0 Å². The zero-order valence-electron chi connectivity index (χ0n) is 10.0. The highest BCUT2D eigenvalue weighted by molar-refractivity contribution is 5.90. The molecule has 1 saturated heterocycles. The van der Waals surface area contributed by atoms with E-state index in [1.54, 1.807) is 6.92 Å². The van der Waals surface area contributed by atoms with Gasteiger partial charge < -0.3 is 14.9 Å². The quantitative estimate of drug-likeness (QED) is 0.734. The Morgan fingerprint density at radius 2 is 2.12 bits per heavy atom. The molecular weight excluding hydrogens is 220 g/mol. The molecule has 1 fully saturated rings. The number of hydrogen-bond donors (Lipinski definition) is 1. The zero-order valence-corrected chi connectivity index (χ0v) is 10.0. The molecule has 0 aliphatic carbocycles. The van der Waals surface area contributed by atoms with Gasteiger partial charge in [-0.2, -0.15) is 0 Å². The number of carbonyl (C=O) groups excluding carboxylic acids is 2. The molecule has 0 spiro atoms. The van der Waals surface area contributed by atoms with Gasteiger partial charge in [0.05, 0.1) is 0 Å². The number of aliphatic hydroxyl groups is 1. The van der Waals surface area contributed by atoms with Gasteiger partial charge in [0, 0.05) is 32.6 Å². The monoisotopic (exact) mass is 238 g/mol. The van der Waals surface area contributed by atoms with Gasteiger partial charge in [-0.05, 0) is 24.8 Å². The highest BCUT2D eigenvalue weighted by atomic mass is 16.3. The summed E-state index contributed by atoms with van der Waals surface area (Å²) in [7, 11) is 0. The number of nitrogens with zero attached hydrogens (tertiary/aromatic N) is 2. The first kappa shape index (κ1) is 12.1. The van der Waals surface area contributed by atoms with Crippen molar-refractivity contribution in [2.75, 3.05) is 19.6 Å². The maximum atomic E-state index is 11.4. The molecule has 2 rings (SSSR count). The Morgan fingerprint density at radius 1 is 1.47 bits per heavy atom. The Morgan fingerprint density at radius 3 is 2.59 bits per heavy atom. The maximum Gasteiger partial charge on any atom is 0.248 e. The summed E-state index contributed by atoms with van der Waals surface area (Å²) in [4.78, 5) is 25.9. The molecule has 2 aliphatic heterocycles. The molecule has 0 aromatic heterocycles. The van der Waals surface area contributed by atoms with Crippen LogP contribution >= 0.6 is 0 Å². The van der Waals surface area contributed by atoms with E-state index in [9.17, 15) is 14.7 Å². The molecule has 1 N–H and O–H groups in total. The van der Waals surface area contributed by atoms with Gasteiger partial charge >= 0.3 is 0 Å². The van der Waals surface area contributed by atoms with Crippen LogP contribution in [0.5, 0.6) is 0 Å². The van der Waals surface area contributed by atoms with Crippen molar-refractivity contribution >= 4 is 11.8 Å². The molecule has 2 heterocycles. The van der Waals surface area contributed by atoms with E-state index in [4.69, 9.17) is 0 Å². The molecule has 0 saturated carbocycles. The average Bonchev–Trinajstić information content (AvgIpc) is 2.61. The fraction of sp³-hybridized carbons (Fsp3) is 0.667. The van der Waals surface area contributed by atoms with Crippen LogP contribution in [-0.4, -0.2) is 52.6 Å². The molecule has 5 heteroatoms. The van der Waals surface area contributed by atoms with Crippen LogP contribution in [0.25, 0.3) is 0 Å². The van der Waals surface area contributed by atoms with E-state index in [0.29, 0.717) is 12.5 Å². The number of hydrogen-bond acceptors (Lipinski definition) is 3. The number of aliphatic hydroxyl groups excluding tert-OH is 1. The van der Waals surface area contributed by atoms with Crippen molar-refractivity contribution in [1.82, 2.24) is 9.80 Å². The van der Waals surface area contributed by atoms with Crippen molar-refractivity contribution in [3.05, 3.63) is 12.2 Å². The molecule has 0 aromatic rings. The molecule has 2 aliphatic rings. The fourth-order valence-corrected chi connectivity index (χ4v) is 2.40. The Hall–Kier alpha value is -1.36. The van der Waals surface area contributed by atoms with Crippen molar-refractivity contribution in [3.8, 4) is 0 Å². The van der Waals surface area contributed by atoms with Crippen molar-refractivity contribution in [2.24, 2.45) is 5.92 Å². The minimum Gasteiger partial charge on any atom is -0.370 e. The molecule has 0 bridgehead atoms. The lowest BCUT2D eigenvalue weighted by molar-refractivity contribution is -0.134. The molecular formula is C12H18N2O3. The van der Waals surface area contributed by atoms with E-state index in [0.717, 1.165) is 25.9 Å². The molecule has 17 heavy (non-hydrogen) atoms. The lowest BCUT2D eigenvalue weighted by Gasteiger charge is -2.34. The number of piperidine rings is 1. The van der Waals surface area contributed by atoms with Gasteiger partial charge in [0.15, 0.2) is 0 Å². The predicted molar refractivity (Wildman–Crippen MR) is 61.8 cm³/mol. The second kappa shape index (κ2) is 4.87. The Labute approximate surface area is 101 Å². The first-order chi connectivity index (χ1) is 8.08. The van der Waals surface area contributed by atoms with Gasteiger partial charge in [0.25, 0.3) is 0 Å². The van der Waals surface area contributed by atoms with Crippen molar-refractivity contribution < 1.29 is 14.7 Å². The van der Waals surface area contributed by atoms with E-state index in [-0.39, 0.29) is 11.8 Å². The third kappa shape index (κ3) is 2.66. The molecule has 1 unspecified atom stereocenters. The van der Waals surface area contributed by atoms with Crippen LogP contribution < -0.4 is 0 Å². The second-order valence-electron chi connectivity index (χ2n) is 4.71. The average molecular weight is 238 g/mol. The molecule has 0 aromatic carbocycles. The first-order valence-electron chi connectivity index (χ1n) is 6.00. The third-order valence-corrected chi connectivity index (χ3v) is 3.53. The number of rotatable bonds is 2. The maximum absolute atomic E-state index is 11.4. The summed E-state index contributed by atoms with van der Waals surface area (Å²) in [6, 6.07) is 0. The summed E-state index contributed by atoms with van der Waals surface area (Å²) in [5.74, 6) is 0.373. The van der Waals surface area contributed by atoms with E-state index >= 15 is 0 Å². The summed E-state index contributed by atoms with van der Waals surface area (Å²) in [6.07, 6.45) is 3.95. The zero-order chi connectivity index (χ0) is 12.4. The van der Waals surface area contributed by atoms with Crippen LogP contribution in [-0.2, 0) is 9.59 Å². The van der Waals surface area contributed by atoms with Crippen molar-refractivity contribution in [1.29, 1.82) is 0 Å². The van der Waals surface area contributed by atoms with Gasteiger partial charge in [-0.15, -0.1) is 0 Å². The SMILES string of the molecule is CC(=O)N1CCC(CN2C(=O)C=CC2O)CC1. The molecule has 2 amide bonds. The summed E-state index contributed by atoms with van der Waals surface area (Å²) < 4.78 is 0. The van der Waals surface area contributed by atoms with Crippen LogP contribution in [0.4, 0.5) is 0 Å². The van der Waals surface area contributed by atoms with Crippen LogP contribution in [0, 0.1) is 5.92 Å². The number of likely N-dealkylation sites (tertiary alicyclic amines) is 1. The van der Waals surface area contributed by atoms with Crippen molar-refractivity contribution in [3.63, 3.8) is 0 Å². The van der Waals surface area contributed by atoms with Gasteiger partial charge in [0.2, 0.25) is 11.8 Å². The third-order valence-electron chi connectivity index (χ3n) is 3.53. The fourth-order valence-electron chi connectivity index (χ4n) is 2.40. The summed E-state index contributed by atoms with van der Waals surface area (Å²) in [6.45, 7) is 3.67. The summed E-state index contributed by atoms with van der Waals surface area (Å²) >= 11 is 0. The van der Waals surface area contributed by atoms with E-state index in [1.807, 2.05) is 4.90 Å². The molecule has 94 valence electrons. The second-order valence-corrected chi connectivity index (χ2v) is 4.71. The topological polar surface area (TPSA) is 60.9 Å². The van der Waals surface area contributed by atoms with Crippen LogP contribution in [0.3, 0.4) is 0 Å². The van der Waals surface area contributed by atoms with E-state index in [1.165, 1.54) is 17.1 Å². The van der Waals surface area contributed by atoms with Gasteiger partial charge in [0.1, 0.15) is 6.23 Å². The first-order valence-corrected chi connectivity index (χ1v) is 6.00. The van der Waals surface area contributed by atoms with Gasteiger partial charge in [-0.3, -0.25) is 9.59 Å². The highest BCUT2D eigenvalue weighted by Gasteiger charge is 2.28. The normalized spacial score (nSPS) is 25.8. The van der Waals surface area contributed by atoms with Crippen LogP contribution in [0.2, 0.25) is 0 Å². The molecule has 1 atom stereocenters. The minimum atomic E-state index is -0.770. The van der Waals surface area contributed by atoms with Crippen LogP contribution in [0.15, 0.2) is 12.2 Å². The highest BCUT2D eigenvalue weighted by Crippen LogP contribution is 2.21. The van der Waals surface area contributed by atoms with Gasteiger partial charge in [-0.1, -0.05) is 0 Å². The van der Waals surface area contributed by atoms with E-state index < -0.39 is 6.23 Å². The summed E-state index contributed by atoms with van der Waals surface area (Å²) in [5, 5.41) is 9.58. The number of carbonyl (C=O) groups is 2. The largest absolute Gasteiger partial charge is 0.370 e. The smallest absolute Gasteiger partial charge is 0.248 e. The number of amides is 2. The lowest BCUT2D eigenvalue weighted by Crippen LogP contribution is -2.43. The van der Waals surface area contributed by atoms with E-state index in [2.05, 4.69) is 0 Å². The molecule has 5 nitrogen and oxygen atoms in total. The summed E-state index contributed by atoms with van der Waals surface area (Å²) in [5.41, 5.74) is 0. The predicted octanol–water partition coefficient (Wildman–Crippen LogP) is -0.0383. The molecule has 0 radical (unpaired) electrons. The lowest BCUT2D eigenvalue weighted by atomic mass is 9.96. The Bertz CT molecular complexity index is 346. The standard InChI is InChI=1S/C12H18N2O3/c1-9(15)13-6-4-10(5-7-13)8-14-11(16)2-3-12(14)17/h2-3,10-11,16H,4-8H2,1H3. The Kier molecular flexibility index (Phi) is 3.47. The van der Waals surface area contributed by atoms with Crippen LogP contribution in [0.1, 0.15) is 19.8 Å². The Balaban J connectivity index is 1.82. The van der Waals surface area contributed by atoms with Gasteiger partial charge in [-0.25, -0.2) is 0 Å². The minimum absolute atomic E-state index is 0.113.